The molecule has 1 fully saturated rings. The van der Waals surface area contributed by atoms with Gasteiger partial charge >= 0.3 is 11.9 Å². The first-order valence-electron chi connectivity index (χ1n) is 9.22. The number of hydrogen-bond acceptors (Lipinski definition) is 7. The largest absolute Gasteiger partial charge is 0.456 e. The Morgan fingerprint density at radius 3 is 2.38 bits per heavy atom. The molecule has 0 saturated carbocycles. The van der Waals surface area contributed by atoms with Gasteiger partial charge in [-0.25, -0.2) is 4.98 Å². The molecule has 158 valence electrons. The van der Waals surface area contributed by atoms with E-state index < -0.39 is 36.5 Å². The number of carbonyl (C=O) groups excluding carboxylic acids is 2. The van der Waals surface area contributed by atoms with Gasteiger partial charge in [0.1, 0.15) is 5.52 Å². The molecule has 3 rings (SSSR count). The molecule has 0 unspecified atom stereocenters. The van der Waals surface area contributed by atoms with Crippen LogP contribution in [0.25, 0.3) is 11.0 Å². The fourth-order valence-corrected chi connectivity index (χ4v) is 3.95. The van der Waals surface area contributed by atoms with E-state index in [-0.39, 0.29) is 6.04 Å². The minimum absolute atomic E-state index is 0.0510. The van der Waals surface area contributed by atoms with Crippen LogP contribution in [0.3, 0.4) is 0 Å². The number of carbonyl (C=O) groups is 2. The number of halogens is 2. The Kier molecular flexibility index (Phi) is 6.26. The molecule has 1 aromatic heterocycles. The molecule has 29 heavy (non-hydrogen) atoms. The van der Waals surface area contributed by atoms with E-state index in [0.29, 0.717) is 27.0 Å². The third kappa shape index (κ3) is 4.44. The first kappa shape index (κ1) is 21.7. The van der Waals surface area contributed by atoms with Crippen LogP contribution < -0.4 is 5.32 Å². The molecular formula is C19H23Cl2N3O5. The van der Waals surface area contributed by atoms with Gasteiger partial charge in [-0.05, 0) is 32.9 Å². The maximum atomic E-state index is 11.8. The van der Waals surface area contributed by atoms with Crippen molar-refractivity contribution in [3.8, 4) is 0 Å². The standard InChI is InChI=1S/C19H23Cl2N3O5/c1-8(2)22-19-23-15-13(21)6-12(20)7-14(15)24(19)18-17(29-11(5)26)16(9(3)27-18)28-10(4)25/h6-9,16-18H,1-5H3,(H,22,23)/t9-,16-,17-,18-/m1/s1. The molecule has 1 N–H and O–H groups in total. The van der Waals surface area contributed by atoms with Gasteiger partial charge in [0.05, 0.1) is 16.6 Å². The summed E-state index contributed by atoms with van der Waals surface area (Å²) in [5.41, 5.74) is 1.12. The summed E-state index contributed by atoms with van der Waals surface area (Å²) >= 11 is 12.6. The van der Waals surface area contributed by atoms with E-state index in [1.165, 1.54) is 13.8 Å². The van der Waals surface area contributed by atoms with Crippen molar-refractivity contribution in [3.63, 3.8) is 0 Å². The van der Waals surface area contributed by atoms with Crippen LogP contribution in [-0.2, 0) is 23.8 Å². The zero-order chi connectivity index (χ0) is 21.5. The highest BCUT2D eigenvalue weighted by atomic mass is 35.5. The van der Waals surface area contributed by atoms with Crippen molar-refractivity contribution in [1.82, 2.24) is 9.55 Å². The second-order valence-electron chi connectivity index (χ2n) is 7.24. The lowest BCUT2D eigenvalue weighted by Gasteiger charge is -2.25. The van der Waals surface area contributed by atoms with Crippen molar-refractivity contribution in [3.05, 3.63) is 22.2 Å². The van der Waals surface area contributed by atoms with Crippen LogP contribution >= 0.6 is 23.2 Å². The number of nitrogens with zero attached hydrogens (tertiary/aromatic N) is 2. The van der Waals surface area contributed by atoms with Gasteiger partial charge in [-0.1, -0.05) is 23.2 Å². The minimum atomic E-state index is -0.880. The van der Waals surface area contributed by atoms with E-state index in [9.17, 15) is 9.59 Å². The summed E-state index contributed by atoms with van der Waals surface area (Å²) in [7, 11) is 0. The SMILES string of the molecule is CC(=O)O[C@@H]1[C@H](OC(C)=O)[C@@H](C)O[C@H]1n1c(NC(C)C)nc2c(Cl)cc(Cl)cc21. The number of aromatic nitrogens is 2. The topological polar surface area (TPSA) is 91.7 Å². The normalized spacial score (nSPS) is 24.1. The van der Waals surface area contributed by atoms with Crippen molar-refractivity contribution in [2.45, 2.75) is 65.2 Å². The molecule has 0 radical (unpaired) electrons. The number of benzene rings is 1. The Balaban J connectivity index is 2.18. The first-order chi connectivity index (χ1) is 13.6. The lowest BCUT2D eigenvalue weighted by Crippen LogP contribution is -2.38. The molecule has 2 aromatic rings. The van der Waals surface area contributed by atoms with Crippen LogP contribution in [0.1, 0.15) is 40.8 Å². The predicted molar refractivity (Wildman–Crippen MR) is 109 cm³/mol. The smallest absolute Gasteiger partial charge is 0.303 e. The van der Waals surface area contributed by atoms with Gasteiger partial charge in [0.2, 0.25) is 5.95 Å². The van der Waals surface area contributed by atoms with Gasteiger partial charge in [-0.2, -0.15) is 0 Å². The average molecular weight is 444 g/mol. The van der Waals surface area contributed by atoms with E-state index in [1.807, 2.05) is 13.8 Å². The maximum absolute atomic E-state index is 11.8. The molecule has 1 aromatic carbocycles. The molecule has 1 aliphatic rings. The molecule has 1 aliphatic heterocycles. The number of nitrogens with one attached hydrogen (secondary N) is 1. The van der Waals surface area contributed by atoms with E-state index in [0.717, 1.165) is 0 Å². The molecule has 0 amide bonds. The zero-order valence-electron chi connectivity index (χ0n) is 16.7. The molecule has 0 bridgehead atoms. The van der Waals surface area contributed by atoms with Gasteiger partial charge < -0.3 is 19.5 Å². The van der Waals surface area contributed by atoms with E-state index in [1.54, 1.807) is 23.6 Å². The monoisotopic (exact) mass is 443 g/mol. The summed E-state index contributed by atoms with van der Waals surface area (Å²) in [6, 6.07) is 3.36. The van der Waals surface area contributed by atoms with Gasteiger partial charge in [0, 0.05) is 24.9 Å². The fourth-order valence-electron chi connectivity index (χ4n) is 3.42. The predicted octanol–water partition coefficient (Wildman–Crippen LogP) is 3.94. The number of imidazole rings is 1. The van der Waals surface area contributed by atoms with Crippen LogP contribution in [-0.4, -0.2) is 45.8 Å². The lowest BCUT2D eigenvalue weighted by molar-refractivity contribution is -0.165. The molecule has 0 aliphatic carbocycles. The Hall–Kier alpha value is -2.03. The molecule has 8 nitrogen and oxygen atoms in total. The van der Waals surface area contributed by atoms with Gasteiger partial charge in [-0.15, -0.1) is 0 Å². The van der Waals surface area contributed by atoms with Crippen molar-refractivity contribution in [1.29, 1.82) is 0 Å². The number of rotatable bonds is 5. The summed E-state index contributed by atoms with van der Waals surface area (Å²) in [6.07, 6.45) is -2.99. The van der Waals surface area contributed by atoms with Crippen LogP contribution in [0.15, 0.2) is 12.1 Å². The summed E-state index contributed by atoms with van der Waals surface area (Å²) in [6.45, 7) is 8.25. The number of esters is 2. The van der Waals surface area contributed by atoms with Crippen molar-refractivity contribution in [2.75, 3.05) is 5.32 Å². The van der Waals surface area contributed by atoms with Crippen LogP contribution in [0.4, 0.5) is 5.95 Å². The number of ether oxygens (including phenoxy) is 3. The highest BCUT2D eigenvalue weighted by molar-refractivity contribution is 6.38. The van der Waals surface area contributed by atoms with Crippen LogP contribution in [0.5, 0.6) is 0 Å². The second-order valence-corrected chi connectivity index (χ2v) is 8.08. The molecule has 2 heterocycles. The third-order valence-corrected chi connectivity index (χ3v) is 4.92. The Labute approximate surface area is 178 Å². The highest BCUT2D eigenvalue weighted by Gasteiger charge is 2.49. The first-order valence-corrected chi connectivity index (χ1v) is 9.97. The quantitative estimate of drug-likeness (QED) is 0.699. The molecule has 1 saturated heterocycles. The highest BCUT2D eigenvalue weighted by Crippen LogP contribution is 2.40. The third-order valence-electron chi connectivity index (χ3n) is 4.41. The Morgan fingerprint density at radius 1 is 1.17 bits per heavy atom. The summed E-state index contributed by atoms with van der Waals surface area (Å²) in [5, 5.41) is 4.05. The van der Waals surface area contributed by atoms with E-state index in [2.05, 4.69) is 10.3 Å². The van der Waals surface area contributed by atoms with E-state index in [4.69, 9.17) is 37.4 Å². The zero-order valence-corrected chi connectivity index (χ0v) is 18.2. The average Bonchev–Trinajstić information content (AvgIpc) is 3.05. The van der Waals surface area contributed by atoms with E-state index >= 15 is 0 Å². The Bertz CT molecular complexity index is 946. The van der Waals surface area contributed by atoms with Crippen LogP contribution in [0, 0.1) is 0 Å². The lowest BCUT2D eigenvalue weighted by atomic mass is 10.1. The van der Waals surface area contributed by atoms with Crippen LogP contribution in [0.2, 0.25) is 10.0 Å². The van der Waals surface area contributed by atoms with Gasteiger partial charge in [0.25, 0.3) is 0 Å². The maximum Gasteiger partial charge on any atom is 0.303 e. The summed E-state index contributed by atoms with van der Waals surface area (Å²) in [5.74, 6) is -0.545. The summed E-state index contributed by atoms with van der Waals surface area (Å²) in [4.78, 5) is 28.0. The fraction of sp³-hybridized carbons (Fsp3) is 0.526. The molecule has 0 spiro atoms. The van der Waals surface area contributed by atoms with Crippen molar-refractivity contribution < 1.29 is 23.8 Å². The van der Waals surface area contributed by atoms with Crippen molar-refractivity contribution >= 4 is 52.1 Å². The molecule has 10 heteroatoms. The number of fused-ring (bicyclic) bond motifs is 1. The second kappa shape index (κ2) is 8.38. The minimum Gasteiger partial charge on any atom is -0.456 e. The van der Waals surface area contributed by atoms with Gasteiger partial charge in [0.15, 0.2) is 18.4 Å². The molecule has 4 atom stereocenters. The van der Waals surface area contributed by atoms with Crippen molar-refractivity contribution in [2.24, 2.45) is 0 Å². The Morgan fingerprint density at radius 2 is 1.79 bits per heavy atom. The molecular weight excluding hydrogens is 421 g/mol. The summed E-state index contributed by atoms with van der Waals surface area (Å²) < 4.78 is 18.7. The van der Waals surface area contributed by atoms with Gasteiger partial charge in [-0.3, -0.25) is 14.2 Å². The number of hydrogen-bond donors (Lipinski definition) is 1. The number of anilines is 1.